The van der Waals surface area contributed by atoms with E-state index in [9.17, 15) is 23.1 Å². The van der Waals surface area contributed by atoms with E-state index in [-0.39, 0.29) is 29.8 Å². The van der Waals surface area contributed by atoms with Gasteiger partial charge in [-0.15, -0.1) is 0 Å². The standard InChI is InChI=1S/C17H14F3N3O2/c18-17(19,20)14-4-2-1-3-13(14)15-6-12(24)9-23(15)16(25)10-5-11(7-21)22-8-10/h1-5,8,12,15,22,24H,6,9H2/t12-,15-/m1/s1. The third kappa shape index (κ3) is 3.23. The third-order valence-corrected chi connectivity index (χ3v) is 4.22. The molecule has 3 rings (SSSR count). The summed E-state index contributed by atoms with van der Waals surface area (Å²) < 4.78 is 39.9. The van der Waals surface area contributed by atoms with Crippen LogP contribution in [0.3, 0.4) is 0 Å². The van der Waals surface area contributed by atoms with E-state index >= 15 is 0 Å². The van der Waals surface area contributed by atoms with Crippen molar-refractivity contribution in [2.45, 2.75) is 24.7 Å². The van der Waals surface area contributed by atoms with E-state index in [2.05, 4.69) is 4.98 Å². The van der Waals surface area contributed by atoms with Gasteiger partial charge in [0.25, 0.3) is 5.91 Å². The van der Waals surface area contributed by atoms with E-state index in [1.54, 1.807) is 0 Å². The molecule has 2 atom stereocenters. The number of H-pyrrole nitrogens is 1. The Morgan fingerprint density at radius 2 is 2.08 bits per heavy atom. The number of nitriles is 1. The number of carbonyl (C=O) groups is 1. The fourth-order valence-electron chi connectivity index (χ4n) is 3.13. The van der Waals surface area contributed by atoms with Crippen LogP contribution in [0.1, 0.15) is 39.6 Å². The SMILES string of the molecule is N#Cc1cc(C(=O)N2C[C@H](O)C[C@@H]2c2ccccc2C(F)(F)F)c[nH]1. The lowest BCUT2D eigenvalue weighted by Crippen LogP contribution is -2.32. The number of nitrogens with zero attached hydrogens (tertiary/aromatic N) is 2. The van der Waals surface area contributed by atoms with E-state index in [1.807, 2.05) is 6.07 Å². The lowest BCUT2D eigenvalue weighted by atomic mass is 9.97. The first kappa shape index (κ1) is 17.0. The summed E-state index contributed by atoms with van der Waals surface area (Å²) in [7, 11) is 0. The predicted octanol–water partition coefficient (Wildman–Crippen LogP) is 2.85. The van der Waals surface area contributed by atoms with Gasteiger partial charge >= 0.3 is 6.18 Å². The van der Waals surface area contributed by atoms with Crippen LogP contribution in [-0.4, -0.2) is 33.5 Å². The third-order valence-electron chi connectivity index (χ3n) is 4.22. The number of rotatable bonds is 2. The molecule has 25 heavy (non-hydrogen) atoms. The lowest BCUT2D eigenvalue weighted by molar-refractivity contribution is -0.138. The smallest absolute Gasteiger partial charge is 0.391 e. The molecule has 1 saturated heterocycles. The maximum Gasteiger partial charge on any atom is 0.416 e. The molecule has 0 radical (unpaired) electrons. The first-order valence-electron chi connectivity index (χ1n) is 7.55. The van der Waals surface area contributed by atoms with Crippen LogP contribution in [-0.2, 0) is 6.18 Å². The summed E-state index contributed by atoms with van der Waals surface area (Å²) in [5.41, 5.74) is -0.523. The van der Waals surface area contributed by atoms with Gasteiger partial charge in [0.05, 0.1) is 23.3 Å². The second-order valence-electron chi connectivity index (χ2n) is 5.86. The van der Waals surface area contributed by atoms with E-state index < -0.39 is 29.8 Å². The number of nitrogens with one attached hydrogen (secondary N) is 1. The molecule has 1 aliphatic heterocycles. The highest BCUT2D eigenvalue weighted by Gasteiger charge is 2.41. The highest BCUT2D eigenvalue weighted by Crippen LogP contribution is 2.40. The number of carbonyl (C=O) groups excluding carboxylic acids is 1. The van der Waals surface area contributed by atoms with E-state index in [1.165, 1.54) is 35.4 Å². The van der Waals surface area contributed by atoms with Crippen molar-refractivity contribution in [1.82, 2.24) is 9.88 Å². The van der Waals surface area contributed by atoms with Gasteiger partial charge in [-0.05, 0) is 24.1 Å². The average Bonchev–Trinajstić information content (AvgIpc) is 3.20. The number of aliphatic hydroxyl groups is 1. The summed E-state index contributed by atoms with van der Waals surface area (Å²) in [6.45, 7) is -0.0667. The Labute approximate surface area is 141 Å². The molecule has 1 aromatic heterocycles. The highest BCUT2D eigenvalue weighted by atomic mass is 19.4. The second kappa shape index (κ2) is 6.26. The summed E-state index contributed by atoms with van der Waals surface area (Å²) in [4.78, 5) is 16.5. The number of amides is 1. The Morgan fingerprint density at radius 1 is 1.36 bits per heavy atom. The van der Waals surface area contributed by atoms with Crippen molar-refractivity contribution >= 4 is 5.91 Å². The molecule has 0 saturated carbocycles. The fourth-order valence-corrected chi connectivity index (χ4v) is 3.13. The van der Waals surface area contributed by atoms with Crippen LogP contribution >= 0.6 is 0 Å². The minimum Gasteiger partial charge on any atom is -0.391 e. The Hall–Kier alpha value is -2.79. The molecule has 130 valence electrons. The molecule has 5 nitrogen and oxygen atoms in total. The number of aliphatic hydroxyl groups excluding tert-OH is 1. The quantitative estimate of drug-likeness (QED) is 0.875. The molecule has 8 heteroatoms. The van der Waals surface area contributed by atoms with Gasteiger partial charge in [0.2, 0.25) is 0 Å². The number of likely N-dealkylation sites (tertiary alicyclic amines) is 1. The molecular formula is C17H14F3N3O2. The first-order chi connectivity index (χ1) is 11.8. The second-order valence-corrected chi connectivity index (χ2v) is 5.86. The zero-order chi connectivity index (χ0) is 18.2. The monoisotopic (exact) mass is 349 g/mol. The number of benzene rings is 1. The number of aromatic nitrogens is 1. The Balaban J connectivity index is 1.98. The van der Waals surface area contributed by atoms with Gasteiger partial charge in [0.1, 0.15) is 11.8 Å². The summed E-state index contributed by atoms with van der Waals surface area (Å²) >= 11 is 0. The van der Waals surface area contributed by atoms with Crippen molar-refractivity contribution in [2.24, 2.45) is 0 Å². The van der Waals surface area contributed by atoms with Crippen molar-refractivity contribution in [3.63, 3.8) is 0 Å². The Kier molecular flexibility index (Phi) is 4.27. The maximum atomic E-state index is 13.3. The van der Waals surface area contributed by atoms with Gasteiger partial charge in [0, 0.05) is 12.7 Å². The fraction of sp³-hybridized carbons (Fsp3) is 0.294. The molecule has 1 amide bonds. The van der Waals surface area contributed by atoms with Gasteiger partial charge in [-0.1, -0.05) is 18.2 Å². The lowest BCUT2D eigenvalue weighted by Gasteiger charge is -2.26. The Morgan fingerprint density at radius 3 is 2.72 bits per heavy atom. The molecule has 1 aromatic carbocycles. The number of halogens is 3. The van der Waals surface area contributed by atoms with Gasteiger partial charge in [-0.2, -0.15) is 18.4 Å². The molecule has 0 bridgehead atoms. The molecule has 2 heterocycles. The minimum atomic E-state index is -4.55. The van der Waals surface area contributed by atoms with Crippen LogP contribution in [0.2, 0.25) is 0 Å². The van der Waals surface area contributed by atoms with Crippen LogP contribution in [0, 0.1) is 11.3 Å². The van der Waals surface area contributed by atoms with Crippen LogP contribution in [0.4, 0.5) is 13.2 Å². The Bertz CT molecular complexity index is 838. The molecule has 1 aliphatic rings. The summed E-state index contributed by atoms with van der Waals surface area (Å²) in [5.74, 6) is -0.531. The number of aromatic amines is 1. The number of alkyl halides is 3. The van der Waals surface area contributed by atoms with Crippen molar-refractivity contribution < 1.29 is 23.1 Å². The van der Waals surface area contributed by atoms with Crippen LogP contribution in [0.25, 0.3) is 0 Å². The van der Waals surface area contributed by atoms with Crippen molar-refractivity contribution in [3.05, 3.63) is 58.9 Å². The van der Waals surface area contributed by atoms with Crippen molar-refractivity contribution in [1.29, 1.82) is 5.26 Å². The minimum absolute atomic E-state index is 0.0222. The molecule has 2 N–H and O–H groups in total. The van der Waals surface area contributed by atoms with Crippen LogP contribution < -0.4 is 0 Å². The summed E-state index contributed by atoms with van der Waals surface area (Å²) in [6, 6.07) is 7.34. The topological polar surface area (TPSA) is 80.1 Å². The predicted molar refractivity (Wildman–Crippen MR) is 81.4 cm³/mol. The van der Waals surface area contributed by atoms with Gasteiger partial charge in [-0.3, -0.25) is 4.79 Å². The van der Waals surface area contributed by atoms with Crippen LogP contribution in [0.15, 0.2) is 36.5 Å². The average molecular weight is 349 g/mol. The van der Waals surface area contributed by atoms with Crippen LogP contribution in [0.5, 0.6) is 0 Å². The van der Waals surface area contributed by atoms with Crippen molar-refractivity contribution in [2.75, 3.05) is 6.54 Å². The molecule has 2 aromatic rings. The number of hydrogen-bond acceptors (Lipinski definition) is 3. The molecular weight excluding hydrogens is 335 g/mol. The number of β-amino-alcohol motifs (C(OH)–C–C–N with tert-alkyl or cyclic N) is 1. The zero-order valence-corrected chi connectivity index (χ0v) is 12.9. The van der Waals surface area contributed by atoms with E-state index in [0.717, 1.165) is 6.07 Å². The van der Waals surface area contributed by atoms with Gasteiger partial charge < -0.3 is 15.0 Å². The highest BCUT2D eigenvalue weighted by molar-refractivity contribution is 5.95. The first-order valence-corrected chi connectivity index (χ1v) is 7.55. The van der Waals surface area contributed by atoms with Gasteiger partial charge in [0.15, 0.2) is 0 Å². The summed E-state index contributed by atoms with van der Waals surface area (Å²) in [6.07, 6.45) is -4.11. The molecule has 0 unspecified atom stereocenters. The normalized spacial score (nSPS) is 20.5. The largest absolute Gasteiger partial charge is 0.416 e. The maximum absolute atomic E-state index is 13.3. The summed E-state index contributed by atoms with van der Waals surface area (Å²) in [5, 5.41) is 18.8. The molecule has 0 spiro atoms. The van der Waals surface area contributed by atoms with Crippen molar-refractivity contribution in [3.8, 4) is 6.07 Å². The van der Waals surface area contributed by atoms with Gasteiger partial charge in [-0.25, -0.2) is 0 Å². The molecule has 1 fully saturated rings. The van der Waals surface area contributed by atoms with E-state index in [4.69, 9.17) is 5.26 Å². The number of hydrogen-bond donors (Lipinski definition) is 2. The molecule has 0 aliphatic carbocycles. The zero-order valence-electron chi connectivity index (χ0n) is 12.9. The van der Waals surface area contributed by atoms with E-state index in [0.29, 0.717) is 0 Å².